The molecule has 2 nitrogen and oxygen atoms in total. The molecular formula is C17H25NO. The van der Waals surface area contributed by atoms with Gasteiger partial charge in [-0.2, -0.15) is 0 Å². The molecule has 1 aliphatic heterocycles. The van der Waals surface area contributed by atoms with E-state index >= 15 is 0 Å². The molecule has 104 valence electrons. The molecule has 1 N–H and O–H groups in total. The van der Waals surface area contributed by atoms with Crippen LogP contribution in [-0.2, 0) is 11.2 Å². The molecule has 0 radical (unpaired) electrons. The molecule has 3 rings (SSSR count). The first kappa shape index (κ1) is 13.1. The van der Waals surface area contributed by atoms with Crippen molar-refractivity contribution in [1.82, 2.24) is 5.32 Å². The van der Waals surface area contributed by atoms with Gasteiger partial charge in [0.1, 0.15) is 0 Å². The van der Waals surface area contributed by atoms with Gasteiger partial charge in [-0.05, 0) is 49.3 Å². The van der Waals surface area contributed by atoms with Crippen LogP contribution < -0.4 is 5.32 Å². The van der Waals surface area contributed by atoms with Gasteiger partial charge in [-0.1, -0.05) is 31.2 Å². The van der Waals surface area contributed by atoms with Gasteiger partial charge < -0.3 is 10.1 Å². The van der Waals surface area contributed by atoms with Crippen LogP contribution in [0, 0.1) is 5.92 Å². The molecule has 2 heteroatoms. The fourth-order valence-corrected chi connectivity index (χ4v) is 3.91. The molecule has 19 heavy (non-hydrogen) atoms. The highest BCUT2D eigenvalue weighted by Crippen LogP contribution is 2.39. The molecule has 0 bridgehead atoms. The van der Waals surface area contributed by atoms with E-state index in [9.17, 15) is 0 Å². The Labute approximate surface area is 116 Å². The quantitative estimate of drug-likeness (QED) is 0.897. The van der Waals surface area contributed by atoms with Gasteiger partial charge in [0.05, 0.1) is 0 Å². The molecule has 2 aliphatic rings. The van der Waals surface area contributed by atoms with E-state index in [1.54, 1.807) is 11.1 Å². The third-order valence-electron chi connectivity index (χ3n) is 4.83. The Kier molecular flexibility index (Phi) is 4.19. The van der Waals surface area contributed by atoms with Crippen molar-refractivity contribution in [2.75, 3.05) is 19.8 Å². The van der Waals surface area contributed by atoms with Crippen molar-refractivity contribution < 1.29 is 4.74 Å². The van der Waals surface area contributed by atoms with Crippen LogP contribution in [0.25, 0.3) is 0 Å². The van der Waals surface area contributed by atoms with Crippen LogP contribution in [0.15, 0.2) is 24.3 Å². The van der Waals surface area contributed by atoms with Crippen molar-refractivity contribution in [3.63, 3.8) is 0 Å². The maximum atomic E-state index is 5.53. The summed E-state index contributed by atoms with van der Waals surface area (Å²) >= 11 is 0. The van der Waals surface area contributed by atoms with Crippen LogP contribution in [0.2, 0.25) is 0 Å². The predicted octanol–water partition coefficient (Wildman–Crippen LogP) is 3.12. The highest BCUT2D eigenvalue weighted by atomic mass is 16.5. The van der Waals surface area contributed by atoms with Crippen LogP contribution in [0.3, 0.4) is 0 Å². The molecule has 0 amide bonds. The van der Waals surface area contributed by atoms with E-state index in [1.165, 1.54) is 25.7 Å². The van der Waals surface area contributed by atoms with Crippen LogP contribution in [0.4, 0.5) is 0 Å². The zero-order chi connectivity index (χ0) is 13.1. The van der Waals surface area contributed by atoms with E-state index in [1.807, 2.05) is 0 Å². The third-order valence-corrected chi connectivity index (χ3v) is 4.83. The lowest BCUT2D eigenvalue weighted by atomic mass is 9.80. The number of rotatable bonds is 4. The summed E-state index contributed by atoms with van der Waals surface area (Å²) in [5.41, 5.74) is 3.17. The lowest BCUT2D eigenvalue weighted by molar-refractivity contribution is 0.0500. The first-order valence-electron chi connectivity index (χ1n) is 7.79. The molecule has 1 saturated heterocycles. The normalized spacial score (nSPS) is 25.2. The summed E-state index contributed by atoms with van der Waals surface area (Å²) in [5.74, 6) is 1.49. The van der Waals surface area contributed by atoms with E-state index in [4.69, 9.17) is 4.74 Å². The minimum atomic E-state index is 0.637. The van der Waals surface area contributed by atoms with Gasteiger partial charge in [0.15, 0.2) is 0 Å². The summed E-state index contributed by atoms with van der Waals surface area (Å²) < 4.78 is 5.53. The molecule has 1 heterocycles. The second-order valence-corrected chi connectivity index (χ2v) is 5.88. The Hall–Kier alpha value is -0.860. The minimum Gasteiger partial charge on any atom is -0.381 e. The van der Waals surface area contributed by atoms with E-state index in [2.05, 4.69) is 36.5 Å². The van der Waals surface area contributed by atoms with Gasteiger partial charge in [-0.15, -0.1) is 0 Å². The molecule has 2 unspecified atom stereocenters. The summed E-state index contributed by atoms with van der Waals surface area (Å²) in [4.78, 5) is 0. The van der Waals surface area contributed by atoms with Crippen molar-refractivity contribution in [2.24, 2.45) is 5.92 Å². The van der Waals surface area contributed by atoms with Gasteiger partial charge in [-0.25, -0.2) is 0 Å². The van der Waals surface area contributed by atoms with Crippen molar-refractivity contribution in [3.05, 3.63) is 35.4 Å². The summed E-state index contributed by atoms with van der Waals surface area (Å²) in [7, 11) is 0. The van der Waals surface area contributed by atoms with E-state index in [-0.39, 0.29) is 0 Å². The lowest BCUT2D eigenvalue weighted by Crippen LogP contribution is -2.42. The average Bonchev–Trinajstić information content (AvgIpc) is 2.89. The zero-order valence-electron chi connectivity index (χ0n) is 11.9. The molecule has 1 aliphatic carbocycles. The van der Waals surface area contributed by atoms with Gasteiger partial charge in [-0.3, -0.25) is 0 Å². The molecular weight excluding hydrogens is 234 g/mol. The van der Waals surface area contributed by atoms with Gasteiger partial charge in [0, 0.05) is 25.2 Å². The van der Waals surface area contributed by atoms with Gasteiger partial charge in [0.25, 0.3) is 0 Å². The Morgan fingerprint density at radius 3 is 2.79 bits per heavy atom. The van der Waals surface area contributed by atoms with E-state index in [0.29, 0.717) is 12.0 Å². The Morgan fingerprint density at radius 2 is 2.00 bits per heavy atom. The average molecular weight is 259 g/mol. The van der Waals surface area contributed by atoms with Crippen LogP contribution in [0.1, 0.15) is 43.2 Å². The Balaban J connectivity index is 1.80. The number of nitrogens with one attached hydrogen (secondary N) is 1. The Bertz CT molecular complexity index is 411. The molecule has 0 aromatic heterocycles. The number of benzene rings is 1. The zero-order valence-corrected chi connectivity index (χ0v) is 11.9. The first-order chi connectivity index (χ1) is 9.40. The van der Waals surface area contributed by atoms with Crippen molar-refractivity contribution >= 4 is 0 Å². The van der Waals surface area contributed by atoms with E-state index in [0.717, 1.165) is 25.7 Å². The highest BCUT2D eigenvalue weighted by Gasteiger charge is 2.34. The molecule has 1 fully saturated rings. The monoisotopic (exact) mass is 259 g/mol. The van der Waals surface area contributed by atoms with Crippen LogP contribution in [-0.4, -0.2) is 25.8 Å². The number of hydrogen-bond donors (Lipinski definition) is 1. The summed E-state index contributed by atoms with van der Waals surface area (Å²) in [6.45, 7) is 5.19. The number of likely N-dealkylation sites (N-methyl/N-ethyl adjacent to an activating group) is 1. The Morgan fingerprint density at radius 1 is 1.21 bits per heavy atom. The number of fused-ring (bicyclic) bond motifs is 1. The van der Waals surface area contributed by atoms with Gasteiger partial charge >= 0.3 is 0 Å². The SMILES string of the molecule is CCNC(C1CCOCC1)C1CCc2ccccc21. The molecule has 2 atom stereocenters. The van der Waals surface area contributed by atoms with Crippen molar-refractivity contribution in [1.29, 1.82) is 0 Å². The van der Waals surface area contributed by atoms with Crippen molar-refractivity contribution in [3.8, 4) is 0 Å². The molecule has 0 spiro atoms. The van der Waals surface area contributed by atoms with E-state index < -0.39 is 0 Å². The number of hydrogen-bond acceptors (Lipinski definition) is 2. The minimum absolute atomic E-state index is 0.637. The summed E-state index contributed by atoms with van der Waals surface area (Å²) in [6, 6.07) is 9.67. The molecule has 1 aromatic carbocycles. The number of aryl methyl sites for hydroxylation is 1. The van der Waals surface area contributed by atoms with Gasteiger partial charge in [0.2, 0.25) is 0 Å². The highest BCUT2D eigenvalue weighted by molar-refractivity contribution is 5.36. The summed E-state index contributed by atoms with van der Waals surface area (Å²) in [6.07, 6.45) is 5.01. The molecule has 0 saturated carbocycles. The lowest BCUT2D eigenvalue weighted by Gasteiger charge is -2.35. The number of ether oxygens (including phenoxy) is 1. The van der Waals surface area contributed by atoms with Crippen LogP contribution >= 0.6 is 0 Å². The third kappa shape index (κ3) is 2.70. The van der Waals surface area contributed by atoms with Crippen molar-refractivity contribution in [2.45, 2.75) is 44.6 Å². The summed E-state index contributed by atoms with van der Waals surface area (Å²) in [5, 5.41) is 3.78. The second kappa shape index (κ2) is 6.06. The predicted molar refractivity (Wildman–Crippen MR) is 78.5 cm³/mol. The second-order valence-electron chi connectivity index (χ2n) is 5.88. The standard InChI is InChI=1S/C17H25NO/c1-2-18-17(14-9-11-19-12-10-14)16-8-7-13-5-3-4-6-15(13)16/h3-6,14,16-18H,2,7-12H2,1H3. The fourth-order valence-electron chi connectivity index (χ4n) is 3.91. The largest absolute Gasteiger partial charge is 0.381 e. The fraction of sp³-hybridized carbons (Fsp3) is 0.647. The van der Waals surface area contributed by atoms with Crippen LogP contribution in [0.5, 0.6) is 0 Å². The topological polar surface area (TPSA) is 21.3 Å². The first-order valence-corrected chi connectivity index (χ1v) is 7.79. The molecule has 1 aromatic rings. The maximum Gasteiger partial charge on any atom is 0.0469 e. The maximum absolute atomic E-state index is 5.53. The smallest absolute Gasteiger partial charge is 0.0469 e.